The highest BCUT2D eigenvalue weighted by molar-refractivity contribution is 6.00. The Labute approximate surface area is 258 Å². The standard InChI is InChI=1S/C32H38N8O3.CH4/c1-32(2,3)40-31-25(29(33)36-20-37-31)26(38-40)27-24(28(43-39-27)23-11-12-23)30-34-17-22(18-35-30)13-16-41-14-7-8-15-42-19-21-9-5-4-6-10-21;/h4-6,9-10,17-18,20,23H,7-8,11-16,19H2,1-3H3,(H2,33,36,37);1H4. The van der Waals surface area contributed by atoms with E-state index in [0.29, 0.717) is 59.8 Å². The number of hydrogen-bond acceptors (Lipinski definition) is 10. The van der Waals surface area contributed by atoms with Crippen LogP contribution in [0.25, 0.3) is 33.8 Å². The summed E-state index contributed by atoms with van der Waals surface area (Å²) in [5.74, 6) is 1.97. The lowest BCUT2D eigenvalue weighted by molar-refractivity contribution is 0.0965. The summed E-state index contributed by atoms with van der Waals surface area (Å²) in [6.45, 7) is 8.87. The molecule has 0 aliphatic heterocycles. The molecule has 0 amide bonds. The fraction of sp³-hybridized carbons (Fsp3) is 0.455. The highest BCUT2D eigenvalue weighted by Gasteiger charge is 2.36. The lowest BCUT2D eigenvalue weighted by Gasteiger charge is -2.19. The molecule has 1 saturated carbocycles. The maximum atomic E-state index is 6.35. The van der Waals surface area contributed by atoms with Crippen LogP contribution in [0.2, 0.25) is 0 Å². The smallest absolute Gasteiger partial charge is 0.165 e. The third-order valence-corrected chi connectivity index (χ3v) is 7.42. The molecule has 4 heterocycles. The zero-order chi connectivity index (χ0) is 29.8. The van der Waals surface area contributed by atoms with Gasteiger partial charge in [0, 0.05) is 31.5 Å². The van der Waals surface area contributed by atoms with Crippen molar-refractivity contribution in [1.82, 2.24) is 34.9 Å². The molecule has 0 unspecified atom stereocenters. The van der Waals surface area contributed by atoms with Crippen LogP contribution in [-0.4, -0.2) is 54.7 Å². The number of nitrogen functional groups attached to an aromatic ring is 1. The predicted octanol–water partition coefficient (Wildman–Crippen LogP) is 6.35. The van der Waals surface area contributed by atoms with Crippen molar-refractivity contribution < 1.29 is 14.0 Å². The van der Waals surface area contributed by atoms with E-state index >= 15 is 0 Å². The van der Waals surface area contributed by atoms with Gasteiger partial charge >= 0.3 is 0 Å². The maximum Gasteiger partial charge on any atom is 0.165 e. The summed E-state index contributed by atoms with van der Waals surface area (Å²) in [5, 5.41) is 10.0. The first-order chi connectivity index (χ1) is 20.9. The van der Waals surface area contributed by atoms with Gasteiger partial charge < -0.3 is 19.7 Å². The highest BCUT2D eigenvalue weighted by atomic mass is 16.5. The largest absolute Gasteiger partial charge is 0.383 e. The van der Waals surface area contributed by atoms with Crippen LogP contribution in [0.5, 0.6) is 0 Å². The van der Waals surface area contributed by atoms with Crippen molar-refractivity contribution in [2.24, 2.45) is 0 Å². The zero-order valence-corrected chi connectivity index (χ0v) is 25.0. The first kappa shape index (κ1) is 31.2. The molecular formula is C33H42N8O3. The van der Waals surface area contributed by atoms with E-state index in [9.17, 15) is 0 Å². The Hall–Kier alpha value is -4.22. The van der Waals surface area contributed by atoms with E-state index in [4.69, 9.17) is 34.8 Å². The maximum absolute atomic E-state index is 6.35. The average Bonchev–Trinajstić information content (AvgIpc) is 3.62. The first-order valence-corrected chi connectivity index (χ1v) is 14.9. The zero-order valence-electron chi connectivity index (χ0n) is 25.0. The molecule has 0 bridgehead atoms. The fourth-order valence-corrected chi connectivity index (χ4v) is 4.99. The second-order valence-corrected chi connectivity index (χ2v) is 12.0. The van der Waals surface area contributed by atoms with Crippen molar-refractivity contribution in [2.45, 2.75) is 78.4 Å². The molecule has 5 aromatic rings. The van der Waals surface area contributed by atoms with Crippen molar-refractivity contribution in [1.29, 1.82) is 0 Å². The van der Waals surface area contributed by atoms with Crippen molar-refractivity contribution >= 4 is 16.9 Å². The van der Waals surface area contributed by atoms with Gasteiger partial charge in [-0.1, -0.05) is 42.9 Å². The van der Waals surface area contributed by atoms with Gasteiger partial charge in [-0.15, -0.1) is 0 Å². The summed E-state index contributed by atoms with van der Waals surface area (Å²) in [7, 11) is 0. The molecule has 11 heteroatoms. The van der Waals surface area contributed by atoms with Crippen LogP contribution in [0.1, 0.15) is 76.7 Å². The molecule has 1 fully saturated rings. The Kier molecular flexibility index (Phi) is 9.65. The van der Waals surface area contributed by atoms with Gasteiger partial charge in [-0.05, 0) is 64.0 Å². The minimum absolute atomic E-state index is 0. The third-order valence-electron chi connectivity index (χ3n) is 7.42. The minimum Gasteiger partial charge on any atom is -0.383 e. The number of nitrogens with two attached hydrogens (primary N) is 1. The van der Waals surface area contributed by atoms with E-state index < -0.39 is 0 Å². The number of unbranched alkanes of at least 4 members (excludes halogenated alkanes) is 1. The summed E-state index contributed by atoms with van der Waals surface area (Å²) in [5.41, 5.74) is 10.7. The molecule has 44 heavy (non-hydrogen) atoms. The quantitative estimate of drug-likeness (QED) is 0.153. The average molecular weight is 599 g/mol. The molecule has 0 saturated heterocycles. The molecule has 1 aliphatic rings. The van der Waals surface area contributed by atoms with Crippen molar-refractivity contribution in [3.63, 3.8) is 0 Å². The summed E-state index contributed by atoms with van der Waals surface area (Å²) >= 11 is 0. The Morgan fingerprint density at radius 3 is 2.34 bits per heavy atom. The van der Waals surface area contributed by atoms with Gasteiger partial charge in [-0.2, -0.15) is 5.10 Å². The molecule has 0 spiro atoms. The van der Waals surface area contributed by atoms with Gasteiger partial charge in [0.2, 0.25) is 0 Å². The van der Waals surface area contributed by atoms with E-state index in [1.54, 1.807) is 0 Å². The molecular weight excluding hydrogens is 556 g/mol. The molecule has 0 atom stereocenters. The van der Waals surface area contributed by atoms with Crippen LogP contribution >= 0.6 is 0 Å². The van der Waals surface area contributed by atoms with Crippen molar-refractivity contribution in [3.8, 4) is 22.8 Å². The molecule has 232 valence electrons. The van der Waals surface area contributed by atoms with Crippen LogP contribution in [0.15, 0.2) is 53.6 Å². The summed E-state index contributed by atoms with van der Waals surface area (Å²) in [4.78, 5) is 18.2. The van der Waals surface area contributed by atoms with Gasteiger partial charge in [-0.25, -0.2) is 24.6 Å². The SMILES string of the molecule is C.CC(C)(C)n1nc(-c2noc(C3CC3)c2-c2ncc(CCOCCCCOCc3ccccc3)cn2)c2c(N)ncnc21. The number of rotatable bonds is 13. The molecule has 1 aromatic carbocycles. The second-order valence-electron chi connectivity index (χ2n) is 12.0. The number of ether oxygens (including phenoxy) is 2. The van der Waals surface area contributed by atoms with Crippen LogP contribution in [-0.2, 0) is 28.0 Å². The van der Waals surface area contributed by atoms with E-state index in [1.165, 1.54) is 11.9 Å². The molecule has 2 N–H and O–H groups in total. The van der Waals surface area contributed by atoms with Crippen molar-refractivity contribution in [3.05, 3.63) is 65.9 Å². The van der Waals surface area contributed by atoms with Crippen LogP contribution in [0.3, 0.4) is 0 Å². The predicted molar refractivity (Wildman–Crippen MR) is 170 cm³/mol. The number of nitrogens with zero attached hydrogens (tertiary/aromatic N) is 7. The topological polar surface area (TPSA) is 140 Å². The number of anilines is 1. The van der Waals surface area contributed by atoms with E-state index in [-0.39, 0.29) is 13.0 Å². The molecule has 11 nitrogen and oxygen atoms in total. The second kappa shape index (κ2) is 13.6. The molecule has 1 aliphatic carbocycles. The van der Waals surface area contributed by atoms with Crippen LogP contribution in [0, 0.1) is 0 Å². The minimum atomic E-state index is -0.336. The normalized spacial score (nSPS) is 13.3. The number of hydrogen-bond donors (Lipinski definition) is 1. The monoisotopic (exact) mass is 598 g/mol. The Morgan fingerprint density at radius 1 is 0.909 bits per heavy atom. The van der Waals surface area contributed by atoms with Crippen LogP contribution < -0.4 is 5.73 Å². The van der Waals surface area contributed by atoms with E-state index in [0.717, 1.165) is 55.6 Å². The summed E-state index contributed by atoms with van der Waals surface area (Å²) in [6, 6.07) is 10.2. The Balaban J connectivity index is 0.00000384. The van der Waals surface area contributed by atoms with Crippen LogP contribution in [0.4, 0.5) is 5.82 Å². The van der Waals surface area contributed by atoms with Gasteiger partial charge in [0.15, 0.2) is 17.2 Å². The number of aromatic nitrogens is 7. The van der Waals surface area contributed by atoms with E-state index in [2.05, 4.69) is 48.0 Å². The summed E-state index contributed by atoms with van der Waals surface area (Å²) < 4.78 is 19.4. The number of benzene rings is 1. The lowest BCUT2D eigenvalue weighted by Crippen LogP contribution is -2.23. The van der Waals surface area contributed by atoms with Gasteiger partial charge in [0.25, 0.3) is 0 Å². The highest BCUT2D eigenvalue weighted by Crippen LogP contribution is 2.47. The molecule has 6 rings (SSSR count). The molecule has 4 aromatic heterocycles. The van der Waals surface area contributed by atoms with Crippen molar-refractivity contribution in [2.75, 3.05) is 25.6 Å². The number of fused-ring (bicyclic) bond motifs is 1. The van der Waals surface area contributed by atoms with Gasteiger partial charge in [0.05, 0.1) is 29.7 Å². The first-order valence-electron chi connectivity index (χ1n) is 14.9. The fourth-order valence-electron chi connectivity index (χ4n) is 4.99. The molecule has 0 radical (unpaired) electrons. The van der Waals surface area contributed by atoms with E-state index in [1.807, 2.05) is 35.3 Å². The Bertz CT molecular complexity index is 1650. The van der Waals surface area contributed by atoms with Gasteiger partial charge in [0.1, 0.15) is 23.5 Å². The van der Waals surface area contributed by atoms with Gasteiger partial charge in [-0.3, -0.25) is 0 Å². The third kappa shape index (κ3) is 6.95. The summed E-state index contributed by atoms with van der Waals surface area (Å²) in [6.07, 6.45) is 9.88. The Morgan fingerprint density at radius 2 is 1.64 bits per heavy atom. The lowest BCUT2D eigenvalue weighted by atomic mass is 10.1.